The molecule has 1 amide bonds. The van der Waals surface area contributed by atoms with Gasteiger partial charge in [0, 0.05) is 20.3 Å². The minimum absolute atomic E-state index is 0.0752. The lowest BCUT2D eigenvalue weighted by Crippen LogP contribution is -2.31. The Morgan fingerprint density at radius 2 is 2.39 bits per heavy atom. The molecule has 5 heteroatoms. The third-order valence-electron chi connectivity index (χ3n) is 3.19. The van der Waals surface area contributed by atoms with Crippen LogP contribution in [0.4, 0.5) is 0 Å². The van der Waals surface area contributed by atoms with Crippen LogP contribution in [0.3, 0.4) is 0 Å². The fourth-order valence-corrected chi connectivity index (χ4v) is 2.91. The van der Waals surface area contributed by atoms with E-state index in [4.69, 9.17) is 4.74 Å². The van der Waals surface area contributed by atoms with Crippen LogP contribution in [0.2, 0.25) is 0 Å². The van der Waals surface area contributed by atoms with Gasteiger partial charge in [-0.1, -0.05) is 0 Å². The normalized spacial score (nSPS) is 19.7. The largest absolute Gasteiger partial charge is 0.385 e. The van der Waals surface area contributed by atoms with Gasteiger partial charge in [-0.25, -0.2) is 0 Å². The molecule has 100 valence electrons. The Bertz CT molecular complexity index is 367. The highest BCUT2D eigenvalue weighted by molar-refractivity contribution is 7.07. The van der Waals surface area contributed by atoms with Crippen LogP contribution in [0.15, 0.2) is 16.8 Å². The van der Waals surface area contributed by atoms with Gasteiger partial charge in [0.15, 0.2) is 0 Å². The number of hydrogen-bond donors (Lipinski definition) is 1. The van der Waals surface area contributed by atoms with Crippen molar-refractivity contribution < 1.29 is 9.53 Å². The standard InChI is InChI=1S/C13H20N2O2S/c1-17-7-4-2-3-6-15-12(16)9-14-13(15)11-5-8-18-10-11/h5,8,10,13-14H,2-4,6-7,9H2,1H3. The Morgan fingerprint density at radius 3 is 3.11 bits per heavy atom. The number of thiophene rings is 1. The van der Waals surface area contributed by atoms with Gasteiger partial charge in [-0.15, -0.1) is 0 Å². The number of unbranched alkanes of at least 4 members (excludes halogenated alkanes) is 2. The summed E-state index contributed by atoms with van der Waals surface area (Å²) in [5, 5.41) is 7.43. The molecule has 1 aliphatic heterocycles. The van der Waals surface area contributed by atoms with E-state index in [1.54, 1.807) is 18.4 Å². The first kappa shape index (κ1) is 13.5. The van der Waals surface area contributed by atoms with E-state index in [0.717, 1.165) is 32.4 Å². The number of amides is 1. The van der Waals surface area contributed by atoms with Gasteiger partial charge in [0.1, 0.15) is 6.17 Å². The smallest absolute Gasteiger partial charge is 0.238 e. The van der Waals surface area contributed by atoms with Crippen molar-refractivity contribution in [3.63, 3.8) is 0 Å². The Labute approximate surface area is 112 Å². The zero-order valence-electron chi connectivity index (χ0n) is 10.7. The number of carbonyl (C=O) groups is 1. The van der Waals surface area contributed by atoms with Crippen molar-refractivity contribution in [2.45, 2.75) is 25.4 Å². The molecule has 4 nitrogen and oxygen atoms in total. The molecule has 1 aromatic rings. The Hall–Kier alpha value is -0.910. The highest BCUT2D eigenvalue weighted by Crippen LogP contribution is 2.24. The van der Waals surface area contributed by atoms with Crippen molar-refractivity contribution in [3.8, 4) is 0 Å². The van der Waals surface area contributed by atoms with Crippen LogP contribution in [-0.2, 0) is 9.53 Å². The van der Waals surface area contributed by atoms with Gasteiger partial charge in [-0.05, 0) is 41.7 Å². The van der Waals surface area contributed by atoms with E-state index in [1.165, 1.54) is 5.56 Å². The van der Waals surface area contributed by atoms with Gasteiger partial charge in [0.2, 0.25) is 5.91 Å². The topological polar surface area (TPSA) is 41.6 Å². The molecule has 2 heterocycles. The molecular weight excluding hydrogens is 248 g/mol. The summed E-state index contributed by atoms with van der Waals surface area (Å²) in [7, 11) is 1.72. The highest BCUT2D eigenvalue weighted by Gasteiger charge is 2.30. The fraction of sp³-hybridized carbons (Fsp3) is 0.615. The van der Waals surface area contributed by atoms with Crippen LogP contribution in [0.1, 0.15) is 31.0 Å². The quantitative estimate of drug-likeness (QED) is 0.769. The molecule has 0 saturated carbocycles. The molecule has 1 unspecified atom stereocenters. The molecule has 1 atom stereocenters. The molecule has 1 fully saturated rings. The molecule has 1 aliphatic rings. The predicted molar refractivity (Wildman–Crippen MR) is 72.5 cm³/mol. The molecule has 0 radical (unpaired) electrons. The Kier molecular flexibility index (Phi) is 5.16. The van der Waals surface area contributed by atoms with Crippen molar-refractivity contribution in [1.29, 1.82) is 0 Å². The molecule has 0 aromatic carbocycles. The second-order valence-corrected chi connectivity index (χ2v) is 5.26. The number of rotatable bonds is 7. The summed E-state index contributed by atoms with van der Waals surface area (Å²) in [5.74, 6) is 0.206. The molecule has 1 aromatic heterocycles. The maximum Gasteiger partial charge on any atom is 0.238 e. The van der Waals surface area contributed by atoms with Gasteiger partial charge in [0.25, 0.3) is 0 Å². The third-order valence-corrected chi connectivity index (χ3v) is 3.89. The zero-order chi connectivity index (χ0) is 12.8. The SMILES string of the molecule is COCCCCCN1C(=O)CNC1c1ccsc1. The summed E-state index contributed by atoms with van der Waals surface area (Å²) in [6.07, 6.45) is 3.28. The number of nitrogens with zero attached hydrogens (tertiary/aromatic N) is 1. The van der Waals surface area contributed by atoms with E-state index in [1.807, 2.05) is 4.90 Å². The van der Waals surface area contributed by atoms with E-state index in [9.17, 15) is 4.79 Å². The highest BCUT2D eigenvalue weighted by atomic mass is 32.1. The minimum Gasteiger partial charge on any atom is -0.385 e. The van der Waals surface area contributed by atoms with Gasteiger partial charge in [0.05, 0.1) is 6.54 Å². The first-order chi connectivity index (χ1) is 8.83. The molecule has 18 heavy (non-hydrogen) atoms. The van der Waals surface area contributed by atoms with E-state index >= 15 is 0 Å². The summed E-state index contributed by atoms with van der Waals surface area (Å²) in [6, 6.07) is 2.08. The number of methoxy groups -OCH3 is 1. The Morgan fingerprint density at radius 1 is 1.50 bits per heavy atom. The van der Waals surface area contributed by atoms with Crippen molar-refractivity contribution >= 4 is 17.2 Å². The van der Waals surface area contributed by atoms with E-state index < -0.39 is 0 Å². The maximum absolute atomic E-state index is 11.8. The minimum atomic E-state index is 0.0752. The van der Waals surface area contributed by atoms with Crippen LogP contribution in [0.5, 0.6) is 0 Å². The summed E-state index contributed by atoms with van der Waals surface area (Å²) in [4.78, 5) is 13.8. The average Bonchev–Trinajstić information content (AvgIpc) is 2.99. The lowest BCUT2D eigenvalue weighted by atomic mass is 10.2. The van der Waals surface area contributed by atoms with Gasteiger partial charge >= 0.3 is 0 Å². The van der Waals surface area contributed by atoms with Gasteiger partial charge < -0.3 is 9.64 Å². The second kappa shape index (κ2) is 6.87. The monoisotopic (exact) mass is 268 g/mol. The molecule has 0 aliphatic carbocycles. The Balaban J connectivity index is 1.82. The number of hydrogen-bond acceptors (Lipinski definition) is 4. The number of nitrogens with one attached hydrogen (secondary N) is 1. The third kappa shape index (κ3) is 3.31. The molecule has 0 bridgehead atoms. The molecule has 1 saturated heterocycles. The maximum atomic E-state index is 11.8. The lowest BCUT2D eigenvalue weighted by Gasteiger charge is -2.23. The van der Waals surface area contributed by atoms with Gasteiger partial charge in [-0.3, -0.25) is 10.1 Å². The molecule has 0 spiro atoms. The second-order valence-electron chi connectivity index (χ2n) is 4.48. The van der Waals surface area contributed by atoms with Crippen LogP contribution in [0, 0.1) is 0 Å². The van der Waals surface area contributed by atoms with E-state index in [-0.39, 0.29) is 12.1 Å². The number of carbonyl (C=O) groups excluding carboxylic acids is 1. The summed E-state index contributed by atoms with van der Waals surface area (Å²) in [5.41, 5.74) is 1.20. The van der Waals surface area contributed by atoms with Crippen LogP contribution >= 0.6 is 11.3 Å². The molecular formula is C13H20N2O2S. The van der Waals surface area contributed by atoms with E-state index in [0.29, 0.717) is 6.54 Å². The van der Waals surface area contributed by atoms with Crippen LogP contribution in [-0.4, -0.2) is 37.6 Å². The fourth-order valence-electron chi connectivity index (χ4n) is 2.23. The molecule has 2 rings (SSSR count). The van der Waals surface area contributed by atoms with Crippen molar-refractivity contribution in [3.05, 3.63) is 22.4 Å². The predicted octanol–water partition coefficient (Wildman–Crippen LogP) is 2.00. The summed E-state index contributed by atoms with van der Waals surface area (Å²) in [6.45, 7) is 2.09. The zero-order valence-corrected chi connectivity index (χ0v) is 11.5. The van der Waals surface area contributed by atoms with Crippen LogP contribution < -0.4 is 5.32 Å². The average molecular weight is 268 g/mol. The van der Waals surface area contributed by atoms with Crippen LogP contribution in [0.25, 0.3) is 0 Å². The summed E-state index contributed by atoms with van der Waals surface area (Å²) >= 11 is 1.67. The first-order valence-electron chi connectivity index (χ1n) is 6.37. The number of ether oxygens (including phenoxy) is 1. The van der Waals surface area contributed by atoms with Crippen molar-refractivity contribution in [2.24, 2.45) is 0 Å². The van der Waals surface area contributed by atoms with Crippen molar-refractivity contribution in [2.75, 3.05) is 26.8 Å². The van der Waals surface area contributed by atoms with E-state index in [2.05, 4.69) is 22.1 Å². The van der Waals surface area contributed by atoms with Crippen molar-refractivity contribution in [1.82, 2.24) is 10.2 Å². The first-order valence-corrected chi connectivity index (χ1v) is 7.31. The lowest BCUT2D eigenvalue weighted by molar-refractivity contribution is -0.128. The molecule has 1 N–H and O–H groups in total. The summed E-state index contributed by atoms with van der Waals surface area (Å²) < 4.78 is 5.02. The van der Waals surface area contributed by atoms with Gasteiger partial charge in [-0.2, -0.15) is 11.3 Å².